The molecule has 3 heterocycles. The molecule has 5 rings (SSSR count). The number of H-pyrrole nitrogens is 1. The molecule has 8 nitrogen and oxygen atoms in total. The fraction of sp³-hybridized carbons (Fsp3) is 0.360. The van der Waals surface area contributed by atoms with E-state index in [0.717, 1.165) is 41.7 Å². The predicted octanol–water partition coefficient (Wildman–Crippen LogP) is 3.39. The molecule has 0 unspecified atom stereocenters. The molecule has 0 aliphatic carbocycles. The normalized spacial score (nSPS) is 17.8. The van der Waals surface area contributed by atoms with E-state index in [0.29, 0.717) is 23.9 Å². The second-order valence-electron chi connectivity index (χ2n) is 8.83. The Kier molecular flexibility index (Phi) is 5.92. The largest absolute Gasteiger partial charge is 0.497 e. The molecule has 0 bridgehead atoms. The minimum atomic E-state index is -0.342. The van der Waals surface area contributed by atoms with Crippen LogP contribution in [0.3, 0.4) is 0 Å². The van der Waals surface area contributed by atoms with Crippen LogP contribution in [0.15, 0.2) is 59.4 Å². The number of methoxy groups -OCH3 is 1. The first-order chi connectivity index (χ1) is 16.1. The zero-order chi connectivity index (χ0) is 22.8. The van der Waals surface area contributed by atoms with Gasteiger partial charge in [-0.1, -0.05) is 37.3 Å². The first-order valence-electron chi connectivity index (χ1n) is 11.4. The Bertz CT molecular complexity index is 1300. The number of ether oxygens (including phenoxy) is 1. The third-order valence-corrected chi connectivity index (χ3v) is 6.41. The van der Waals surface area contributed by atoms with E-state index in [1.807, 2.05) is 47.1 Å². The minimum Gasteiger partial charge on any atom is -0.497 e. The number of piperidine rings is 1. The molecule has 33 heavy (non-hydrogen) atoms. The van der Waals surface area contributed by atoms with Crippen LogP contribution in [0.5, 0.6) is 5.75 Å². The average Bonchev–Trinajstić information content (AvgIpc) is 3.27. The molecule has 0 amide bonds. The monoisotopic (exact) mass is 444 g/mol. The number of pyridine rings is 1. The van der Waals surface area contributed by atoms with Gasteiger partial charge in [-0.25, -0.2) is 4.68 Å². The smallest absolute Gasteiger partial charge is 0.253 e. The summed E-state index contributed by atoms with van der Waals surface area (Å²) >= 11 is 0. The van der Waals surface area contributed by atoms with Crippen molar-refractivity contribution in [2.75, 3.05) is 20.2 Å². The SMILES string of the molecule is COc1ccc2[nH]c(=O)c([C@H](c3nnnn3Cc3ccccc3)N3CCC[C@@H](C)C3)cc2c1. The highest BCUT2D eigenvalue weighted by Gasteiger charge is 2.32. The van der Waals surface area contributed by atoms with E-state index in [2.05, 4.69) is 44.5 Å². The van der Waals surface area contributed by atoms with E-state index in [1.165, 1.54) is 6.42 Å². The minimum absolute atomic E-state index is 0.120. The van der Waals surface area contributed by atoms with Crippen LogP contribution in [-0.4, -0.2) is 50.3 Å². The molecule has 2 aromatic heterocycles. The van der Waals surface area contributed by atoms with Gasteiger partial charge >= 0.3 is 0 Å². The maximum atomic E-state index is 13.3. The highest BCUT2D eigenvalue weighted by molar-refractivity contribution is 5.80. The Morgan fingerprint density at radius 3 is 2.82 bits per heavy atom. The van der Waals surface area contributed by atoms with Gasteiger partial charge in [-0.15, -0.1) is 5.10 Å². The number of hydrogen-bond donors (Lipinski definition) is 1. The summed E-state index contributed by atoms with van der Waals surface area (Å²) in [7, 11) is 1.64. The number of nitrogens with zero attached hydrogens (tertiary/aromatic N) is 5. The van der Waals surface area contributed by atoms with Gasteiger partial charge < -0.3 is 9.72 Å². The maximum absolute atomic E-state index is 13.3. The van der Waals surface area contributed by atoms with E-state index in [-0.39, 0.29) is 11.6 Å². The van der Waals surface area contributed by atoms with E-state index in [4.69, 9.17) is 4.74 Å². The van der Waals surface area contributed by atoms with Gasteiger partial charge in [0.25, 0.3) is 5.56 Å². The Morgan fingerprint density at radius 2 is 2.03 bits per heavy atom. The number of likely N-dealkylation sites (tertiary alicyclic amines) is 1. The van der Waals surface area contributed by atoms with Gasteiger partial charge in [0.05, 0.1) is 13.7 Å². The first kappa shape index (κ1) is 21.3. The van der Waals surface area contributed by atoms with Crippen LogP contribution in [0.1, 0.15) is 42.8 Å². The average molecular weight is 445 g/mol. The zero-order valence-corrected chi connectivity index (χ0v) is 18.9. The lowest BCUT2D eigenvalue weighted by molar-refractivity contribution is 0.141. The molecule has 170 valence electrons. The van der Waals surface area contributed by atoms with Crippen molar-refractivity contribution in [3.8, 4) is 5.75 Å². The highest BCUT2D eigenvalue weighted by atomic mass is 16.5. The molecule has 1 aliphatic rings. The summed E-state index contributed by atoms with van der Waals surface area (Å²) in [4.78, 5) is 18.7. The van der Waals surface area contributed by atoms with Crippen molar-refractivity contribution in [1.29, 1.82) is 0 Å². The summed E-state index contributed by atoms with van der Waals surface area (Å²) in [6.45, 7) is 4.58. The lowest BCUT2D eigenvalue weighted by Crippen LogP contribution is -2.41. The number of fused-ring (bicyclic) bond motifs is 1. The maximum Gasteiger partial charge on any atom is 0.253 e. The van der Waals surface area contributed by atoms with Gasteiger partial charge in [0.2, 0.25) is 0 Å². The van der Waals surface area contributed by atoms with Crippen molar-refractivity contribution in [3.05, 3.63) is 81.9 Å². The second kappa shape index (κ2) is 9.15. The van der Waals surface area contributed by atoms with E-state index in [9.17, 15) is 4.79 Å². The van der Waals surface area contributed by atoms with Crippen molar-refractivity contribution in [1.82, 2.24) is 30.1 Å². The molecule has 1 N–H and O–H groups in total. The summed E-state index contributed by atoms with van der Waals surface area (Å²) in [5.41, 5.74) is 2.41. The van der Waals surface area contributed by atoms with Crippen LogP contribution in [0.2, 0.25) is 0 Å². The predicted molar refractivity (Wildman–Crippen MR) is 126 cm³/mol. The molecule has 0 radical (unpaired) electrons. The molecule has 1 saturated heterocycles. The molecule has 1 fully saturated rings. The van der Waals surface area contributed by atoms with Crippen LogP contribution in [-0.2, 0) is 6.54 Å². The zero-order valence-electron chi connectivity index (χ0n) is 18.9. The van der Waals surface area contributed by atoms with Crippen LogP contribution in [0.25, 0.3) is 10.9 Å². The van der Waals surface area contributed by atoms with Crippen molar-refractivity contribution in [2.24, 2.45) is 5.92 Å². The summed E-state index contributed by atoms with van der Waals surface area (Å²) in [5, 5.41) is 13.6. The van der Waals surface area contributed by atoms with Crippen LogP contribution in [0, 0.1) is 5.92 Å². The van der Waals surface area contributed by atoms with Crippen LogP contribution >= 0.6 is 0 Å². The van der Waals surface area contributed by atoms with E-state index in [1.54, 1.807) is 7.11 Å². The fourth-order valence-corrected chi connectivity index (χ4v) is 4.77. The Hall–Kier alpha value is -3.52. The quantitative estimate of drug-likeness (QED) is 0.490. The van der Waals surface area contributed by atoms with Gasteiger partial charge in [0.1, 0.15) is 11.8 Å². The van der Waals surface area contributed by atoms with Crippen molar-refractivity contribution >= 4 is 10.9 Å². The van der Waals surface area contributed by atoms with Crippen molar-refractivity contribution in [2.45, 2.75) is 32.4 Å². The van der Waals surface area contributed by atoms with Gasteiger partial charge in [-0.2, -0.15) is 0 Å². The standard InChI is InChI=1S/C25H28N6O2/c1-17-7-6-12-30(15-17)23(24-27-28-29-31(24)16-18-8-4-3-5-9-18)21-14-19-13-20(33-2)10-11-22(19)26-25(21)32/h3-5,8-11,13-14,17,23H,6-7,12,15-16H2,1-2H3,(H,26,32)/t17-,23-/m1/s1. The highest BCUT2D eigenvalue weighted by Crippen LogP contribution is 2.31. The molecule has 2 aromatic carbocycles. The molecule has 0 saturated carbocycles. The lowest BCUT2D eigenvalue weighted by atomic mass is 9.95. The molecule has 1 aliphatic heterocycles. The molecule has 0 spiro atoms. The lowest BCUT2D eigenvalue weighted by Gasteiger charge is -2.36. The summed E-state index contributed by atoms with van der Waals surface area (Å²) in [6.07, 6.45) is 2.26. The van der Waals surface area contributed by atoms with Crippen LogP contribution in [0.4, 0.5) is 0 Å². The summed E-state index contributed by atoms with van der Waals surface area (Å²) in [5.74, 6) is 1.97. The fourth-order valence-electron chi connectivity index (χ4n) is 4.77. The van der Waals surface area contributed by atoms with Gasteiger partial charge in [-0.05, 0) is 65.6 Å². The Labute approximate surface area is 192 Å². The number of nitrogens with one attached hydrogen (secondary N) is 1. The first-order valence-corrected chi connectivity index (χ1v) is 11.4. The summed E-state index contributed by atoms with van der Waals surface area (Å²) < 4.78 is 7.22. The molecule has 2 atom stereocenters. The van der Waals surface area contributed by atoms with Crippen molar-refractivity contribution in [3.63, 3.8) is 0 Å². The third kappa shape index (κ3) is 4.39. The number of aromatic nitrogens is 5. The number of hydrogen-bond acceptors (Lipinski definition) is 6. The molecular weight excluding hydrogens is 416 g/mol. The Morgan fingerprint density at radius 1 is 1.18 bits per heavy atom. The van der Waals surface area contributed by atoms with E-state index < -0.39 is 0 Å². The van der Waals surface area contributed by atoms with E-state index >= 15 is 0 Å². The topological polar surface area (TPSA) is 88.9 Å². The number of benzene rings is 2. The second-order valence-corrected chi connectivity index (χ2v) is 8.83. The van der Waals surface area contributed by atoms with Crippen LogP contribution < -0.4 is 10.3 Å². The van der Waals surface area contributed by atoms with Gasteiger partial charge in [0.15, 0.2) is 5.82 Å². The molecule has 8 heteroatoms. The Balaban J connectivity index is 1.63. The van der Waals surface area contributed by atoms with Gasteiger partial charge in [-0.3, -0.25) is 9.69 Å². The third-order valence-electron chi connectivity index (χ3n) is 6.41. The molecule has 4 aromatic rings. The van der Waals surface area contributed by atoms with Gasteiger partial charge in [0, 0.05) is 23.0 Å². The number of rotatable bonds is 6. The number of tetrazole rings is 1. The summed E-state index contributed by atoms with van der Waals surface area (Å²) in [6, 6.07) is 17.4. The molecular formula is C25H28N6O2. The van der Waals surface area contributed by atoms with Crippen molar-refractivity contribution < 1.29 is 4.74 Å². The number of aromatic amines is 1.